The first-order valence-electron chi connectivity index (χ1n) is 11.6. The van der Waals surface area contributed by atoms with E-state index in [0.717, 1.165) is 29.9 Å². The average Bonchev–Trinajstić information content (AvgIpc) is 2.70. The zero-order chi connectivity index (χ0) is 21.7. The number of rotatable bonds is 15. The van der Waals surface area contributed by atoms with E-state index in [9.17, 15) is 4.79 Å². The molecule has 1 aromatic rings. The summed E-state index contributed by atoms with van der Waals surface area (Å²) in [7, 11) is 6.95. The van der Waals surface area contributed by atoms with Crippen LogP contribution >= 0.6 is 0 Å². The van der Waals surface area contributed by atoms with Gasteiger partial charge >= 0.3 is 0 Å². The summed E-state index contributed by atoms with van der Waals surface area (Å²) in [4.78, 5) is 13.9. The summed E-state index contributed by atoms with van der Waals surface area (Å²) in [5, 5.41) is 3.01. The van der Waals surface area contributed by atoms with Crippen molar-refractivity contribution in [1.82, 2.24) is 5.32 Å². The van der Waals surface area contributed by atoms with Crippen molar-refractivity contribution in [3.63, 3.8) is 0 Å². The second-order valence-corrected chi connectivity index (χ2v) is 9.52. The fourth-order valence-electron chi connectivity index (χ4n) is 3.68. The van der Waals surface area contributed by atoms with Crippen LogP contribution < -0.4 is 10.2 Å². The number of carbonyl (C=O) groups excluding carboxylic acids is 1. The molecule has 0 spiro atoms. The van der Waals surface area contributed by atoms with E-state index in [4.69, 9.17) is 0 Å². The highest BCUT2D eigenvalue weighted by atomic mass is 16.1. The van der Waals surface area contributed by atoms with Crippen LogP contribution in [0.3, 0.4) is 0 Å². The van der Waals surface area contributed by atoms with Crippen LogP contribution in [0, 0.1) is 11.8 Å². The van der Waals surface area contributed by atoms with Gasteiger partial charge in [-0.05, 0) is 37.3 Å². The summed E-state index contributed by atoms with van der Waals surface area (Å²) in [5.74, 6) is 1.00. The number of para-hydroxylation sites is 1. The molecule has 1 unspecified atom stereocenters. The van der Waals surface area contributed by atoms with Crippen molar-refractivity contribution in [2.75, 3.05) is 52.2 Å². The van der Waals surface area contributed by atoms with Gasteiger partial charge in [0.25, 0.3) is 0 Å². The second-order valence-electron chi connectivity index (χ2n) is 9.52. The number of hydrogen-bond acceptors (Lipinski definition) is 2. The molecular formula is C25H46N3O+. The Hall–Kier alpha value is -1.55. The molecule has 1 aromatic carbocycles. The van der Waals surface area contributed by atoms with Gasteiger partial charge in [0.2, 0.25) is 5.91 Å². The molecule has 29 heavy (non-hydrogen) atoms. The molecule has 1 atom stereocenters. The summed E-state index contributed by atoms with van der Waals surface area (Å²) in [6, 6.07) is 10.7. The highest BCUT2D eigenvalue weighted by Crippen LogP contribution is 2.18. The minimum atomic E-state index is 0.0903. The third-order valence-electron chi connectivity index (χ3n) is 5.96. The molecule has 4 heteroatoms. The number of carbonyl (C=O) groups is 1. The molecule has 0 saturated heterocycles. The Balaban J connectivity index is 2.21. The van der Waals surface area contributed by atoms with E-state index in [1.807, 2.05) is 13.8 Å². The molecule has 0 aromatic heterocycles. The van der Waals surface area contributed by atoms with Gasteiger partial charge in [-0.3, -0.25) is 4.79 Å². The minimum Gasteiger partial charge on any atom is -0.374 e. The van der Waals surface area contributed by atoms with Gasteiger partial charge < -0.3 is 14.7 Å². The Morgan fingerprint density at radius 2 is 1.69 bits per heavy atom. The van der Waals surface area contributed by atoms with Crippen molar-refractivity contribution < 1.29 is 9.28 Å². The number of anilines is 1. The maximum Gasteiger partial charge on any atom is 0.222 e. The first-order chi connectivity index (χ1) is 13.7. The summed E-state index contributed by atoms with van der Waals surface area (Å²) in [6.07, 6.45) is 7.34. The van der Waals surface area contributed by atoms with Gasteiger partial charge in [0.05, 0.1) is 27.2 Å². The van der Waals surface area contributed by atoms with Gasteiger partial charge in [0.1, 0.15) is 0 Å². The molecule has 0 bridgehead atoms. The molecule has 0 heterocycles. The number of nitrogens with zero attached hydrogens (tertiary/aromatic N) is 2. The van der Waals surface area contributed by atoms with Crippen LogP contribution in [0.5, 0.6) is 0 Å². The van der Waals surface area contributed by atoms with E-state index in [1.54, 1.807) is 0 Å². The van der Waals surface area contributed by atoms with Crippen molar-refractivity contribution in [2.24, 2.45) is 11.8 Å². The lowest BCUT2D eigenvalue weighted by atomic mass is 10.0. The number of unbranched alkanes of at least 4 members (excludes halogenated alkanes) is 3. The summed E-state index contributed by atoms with van der Waals surface area (Å²) in [6.45, 7) is 10.6. The van der Waals surface area contributed by atoms with Crippen LogP contribution in [0.4, 0.5) is 5.69 Å². The Kier molecular flexibility index (Phi) is 12.0. The monoisotopic (exact) mass is 404 g/mol. The van der Waals surface area contributed by atoms with Gasteiger partial charge in [-0.2, -0.15) is 0 Å². The Labute approximate surface area is 180 Å². The fourth-order valence-corrected chi connectivity index (χ4v) is 3.68. The summed E-state index contributed by atoms with van der Waals surface area (Å²) in [5.41, 5.74) is 1.31. The maximum atomic E-state index is 11.5. The molecule has 4 nitrogen and oxygen atoms in total. The van der Waals surface area contributed by atoms with Crippen LogP contribution in [-0.2, 0) is 4.79 Å². The Morgan fingerprint density at radius 1 is 1.03 bits per heavy atom. The molecular weight excluding hydrogens is 358 g/mol. The number of quaternary nitrogens is 1. The van der Waals surface area contributed by atoms with Crippen molar-refractivity contribution in [2.45, 2.75) is 59.3 Å². The molecule has 0 fully saturated rings. The molecule has 166 valence electrons. The van der Waals surface area contributed by atoms with Crippen molar-refractivity contribution in [1.29, 1.82) is 0 Å². The summed E-state index contributed by atoms with van der Waals surface area (Å²) >= 11 is 0. The zero-order valence-electron chi connectivity index (χ0n) is 19.9. The van der Waals surface area contributed by atoms with Crippen molar-refractivity contribution in [3.8, 4) is 0 Å². The van der Waals surface area contributed by atoms with Gasteiger partial charge in [-0.25, -0.2) is 0 Å². The van der Waals surface area contributed by atoms with E-state index >= 15 is 0 Å². The quantitative estimate of drug-likeness (QED) is 0.331. The Bertz CT molecular complexity index is 556. The maximum absolute atomic E-state index is 11.5. The standard InChI is InChI=1S/C25H45N3O/c1-7-23(21-27(4)24-15-11-10-12-16-24)17-20-28(5,6)19-14-9-8-13-18-26-25(29)22(2)3/h10-12,15-16,22-23H,7-9,13-14,17-21H2,1-6H3/p+1. The van der Waals surface area contributed by atoms with E-state index in [1.165, 1.54) is 50.9 Å². The molecule has 0 aliphatic carbocycles. The lowest BCUT2D eigenvalue weighted by Crippen LogP contribution is -2.42. The first kappa shape index (κ1) is 25.5. The number of amides is 1. The molecule has 1 amide bonds. The van der Waals surface area contributed by atoms with E-state index in [0.29, 0.717) is 0 Å². The highest BCUT2D eigenvalue weighted by Gasteiger charge is 2.18. The van der Waals surface area contributed by atoms with E-state index in [2.05, 4.69) is 68.6 Å². The van der Waals surface area contributed by atoms with Crippen LogP contribution in [0.15, 0.2) is 30.3 Å². The van der Waals surface area contributed by atoms with Crippen molar-refractivity contribution >= 4 is 11.6 Å². The molecule has 0 radical (unpaired) electrons. The van der Waals surface area contributed by atoms with Crippen LogP contribution in [0.2, 0.25) is 0 Å². The van der Waals surface area contributed by atoms with Gasteiger partial charge in [-0.15, -0.1) is 0 Å². The van der Waals surface area contributed by atoms with Gasteiger partial charge in [0.15, 0.2) is 0 Å². The lowest BCUT2D eigenvalue weighted by Gasteiger charge is -2.32. The van der Waals surface area contributed by atoms with E-state index < -0.39 is 0 Å². The molecule has 1 N–H and O–H groups in total. The first-order valence-corrected chi connectivity index (χ1v) is 11.6. The largest absolute Gasteiger partial charge is 0.374 e. The minimum absolute atomic E-state index is 0.0903. The molecule has 0 aliphatic heterocycles. The fraction of sp³-hybridized carbons (Fsp3) is 0.720. The zero-order valence-corrected chi connectivity index (χ0v) is 19.9. The second kappa shape index (κ2) is 13.6. The average molecular weight is 405 g/mol. The Morgan fingerprint density at radius 3 is 2.31 bits per heavy atom. The third kappa shape index (κ3) is 11.3. The highest BCUT2D eigenvalue weighted by molar-refractivity contribution is 5.77. The SMILES string of the molecule is CCC(CC[N+](C)(C)CCCCCCNC(=O)C(C)C)CN(C)c1ccccc1. The number of benzene rings is 1. The molecule has 0 aliphatic rings. The normalized spacial score (nSPS) is 12.8. The number of hydrogen-bond donors (Lipinski definition) is 1. The predicted molar refractivity (Wildman–Crippen MR) is 126 cm³/mol. The van der Waals surface area contributed by atoms with Crippen LogP contribution in [0.1, 0.15) is 59.3 Å². The van der Waals surface area contributed by atoms with Crippen LogP contribution in [0.25, 0.3) is 0 Å². The van der Waals surface area contributed by atoms with Crippen molar-refractivity contribution in [3.05, 3.63) is 30.3 Å². The molecule has 0 saturated carbocycles. The predicted octanol–water partition coefficient (Wildman–Crippen LogP) is 4.95. The third-order valence-corrected chi connectivity index (χ3v) is 5.96. The van der Waals surface area contributed by atoms with Gasteiger partial charge in [0, 0.05) is 38.2 Å². The topological polar surface area (TPSA) is 32.3 Å². The summed E-state index contributed by atoms with van der Waals surface area (Å²) < 4.78 is 1.11. The number of nitrogens with one attached hydrogen (secondary N) is 1. The van der Waals surface area contributed by atoms with E-state index in [-0.39, 0.29) is 11.8 Å². The molecule has 1 rings (SSSR count). The van der Waals surface area contributed by atoms with Gasteiger partial charge in [-0.1, -0.05) is 51.8 Å². The van der Waals surface area contributed by atoms with Crippen LogP contribution in [-0.4, -0.2) is 57.7 Å². The lowest BCUT2D eigenvalue weighted by molar-refractivity contribution is -0.891. The smallest absolute Gasteiger partial charge is 0.222 e.